The van der Waals surface area contributed by atoms with Crippen LogP contribution < -0.4 is 10.6 Å². The molecular formula is C12H19N3O. The molecule has 0 bridgehead atoms. The molecule has 0 atom stereocenters. The van der Waals surface area contributed by atoms with Gasteiger partial charge in [-0.25, -0.2) is 0 Å². The number of amides is 1. The van der Waals surface area contributed by atoms with Crippen LogP contribution in [0.2, 0.25) is 0 Å². The van der Waals surface area contributed by atoms with E-state index in [0.717, 1.165) is 11.4 Å². The molecule has 1 rings (SSSR count). The highest BCUT2D eigenvalue weighted by molar-refractivity contribution is 5.93. The Morgan fingerprint density at radius 1 is 1.44 bits per heavy atom. The molecule has 88 valence electrons. The zero-order valence-corrected chi connectivity index (χ0v) is 10.3. The summed E-state index contributed by atoms with van der Waals surface area (Å²) in [7, 11) is 1.70. The Kier molecular flexibility index (Phi) is 3.65. The van der Waals surface area contributed by atoms with E-state index in [2.05, 4.69) is 25.8 Å². The molecule has 0 aliphatic rings. The molecule has 0 saturated carbocycles. The van der Waals surface area contributed by atoms with E-state index in [-0.39, 0.29) is 17.9 Å². The number of nitrogens with two attached hydrogens (primary N) is 1. The van der Waals surface area contributed by atoms with Gasteiger partial charge in [-0.3, -0.25) is 9.78 Å². The van der Waals surface area contributed by atoms with Crippen LogP contribution >= 0.6 is 0 Å². The lowest BCUT2D eigenvalue weighted by molar-refractivity contribution is -0.117. The minimum atomic E-state index is -0.120. The van der Waals surface area contributed by atoms with Gasteiger partial charge in [0.2, 0.25) is 5.91 Å². The van der Waals surface area contributed by atoms with Crippen molar-refractivity contribution >= 4 is 11.6 Å². The van der Waals surface area contributed by atoms with Gasteiger partial charge in [0.25, 0.3) is 0 Å². The molecule has 0 fully saturated rings. The van der Waals surface area contributed by atoms with Gasteiger partial charge in [-0.1, -0.05) is 20.8 Å². The molecule has 4 nitrogen and oxygen atoms in total. The minimum absolute atomic E-state index is 0.0114. The largest absolute Gasteiger partial charge is 0.322 e. The number of aromatic nitrogens is 1. The van der Waals surface area contributed by atoms with Crippen molar-refractivity contribution in [2.45, 2.75) is 26.2 Å². The lowest BCUT2D eigenvalue weighted by Crippen LogP contribution is -2.32. The van der Waals surface area contributed by atoms with E-state index in [1.807, 2.05) is 12.1 Å². The van der Waals surface area contributed by atoms with Crippen molar-refractivity contribution in [3.63, 3.8) is 0 Å². The first kappa shape index (κ1) is 12.6. The second-order valence-electron chi connectivity index (χ2n) is 4.81. The Bertz CT molecular complexity index is 365. The van der Waals surface area contributed by atoms with Crippen LogP contribution in [0.1, 0.15) is 26.5 Å². The minimum Gasteiger partial charge on any atom is -0.322 e. The normalized spacial score (nSPS) is 11.3. The highest BCUT2D eigenvalue weighted by Crippen LogP contribution is 2.21. The summed E-state index contributed by atoms with van der Waals surface area (Å²) in [6, 6.07) is 3.83. The van der Waals surface area contributed by atoms with Crippen molar-refractivity contribution in [3.05, 3.63) is 24.0 Å². The van der Waals surface area contributed by atoms with Crippen LogP contribution in [0.4, 0.5) is 5.69 Å². The number of anilines is 1. The fourth-order valence-electron chi connectivity index (χ4n) is 1.31. The van der Waals surface area contributed by atoms with Gasteiger partial charge < -0.3 is 10.6 Å². The van der Waals surface area contributed by atoms with E-state index in [4.69, 9.17) is 5.73 Å². The number of carbonyl (C=O) groups is 1. The van der Waals surface area contributed by atoms with Gasteiger partial charge in [-0.15, -0.1) is 0 Å². The lowest BCUT2D eigenvalue weighted by atomic mass is 9.92. The smallest absolute Gasteiger partial charge is 0.240 e. The Morgan fingerprint density at radius 3 is 2.44 bits per heavy atom. The Labute approximate surface area is 96.5 Å². The number of likely N-dealkylation sites (N-methyl/N-ethyl adjacent to an activating group) is 1. The highest BCUT2D eigenvalue weighted by atomic mass is 16.2. The van der Waals surface area contributed by atoms with Crippen molar-refractivity contribution in [2.75, 3.05) is 18.5 Å². The van der Waals surface area contributed by atoms with Crippen LogP contribution in [0, 0.1) is 0 Å². The molecule has 1 aromatic heterocycles. The topological polar surface area (TPSA) is 59.2 Å². The van der Waals surface area contributed by atoms with Crippen molar-refractivity contribution in [1.82, 2.24) is 4.98 Å². The van der Waals surface area contributed by atoms with Gasteiger partial charge >= 0.3 is 0 Å². The summed E-state index contributed by atoms with van der Waals surface area (Å²) in [6.45, 7) is 6.31. The van der Waals surface area contributed by atoms with Crippen LogP contribution in [-0.4, -0.2) is 24.5 Å². The third kappa shape index (κ3) is 2.79. The summed E-state index contributed by atoms with van der Waals surface area (Å²) in [6.07, 6.45) is 1.70. The van der Waals surface area contributed by atoms with E-state index in [9.17, 15) is 4.79 Å². The molecule has 0 spiro atoms. The molecular weight excluding hydrogens is 202 g/mol. The van der Waals surface area contributed by atoms with E-state index in [1.165, 1.54) is 4.90 Å². The van der Waals surface area contributed by atoms with E-state index in [0.29, 0.717) is 0 Å². The summed E-state index contributed by atoms with van der Waals surface area (Å²) in [5.74, 6) is -0.120. The van der Waals surface area contributed by atoms with Gasteiger partial charge in [0.15, 0.2) is 0 Å². The molecule has 1 aromatic rings. The lowest BCUT2D eigenvalue weighted by Gasteiger charge is -2.20. The van der Waals surface area contributed by atoms with Gasteiger partial charge in [0.05, 0.1) is 18.4 Å². The van der Waals surface area contributed by atoms with Crippen LogP contribution in [-0.2, 0) is 10.2 Å². The third-order valence-electron chi connectivity index (χ3n) is 2.45. The molecule has 0 aliphatic carbocycles. The van der Waals surface area contributed by atoms with Gasteiger partial charge in [-0.05, 0) is 12.1 Å². The number of nitrogens with zero attached hydrogens (tertiary/aromatic N) is 2. The van der Waals surface area contributed by atoms with Crippen LogP contribution in [0.3, 0.4) is 0 Å². The zero-order valence-electron chi connectivity index (χ0n) is 10.3. The number of rotatable bonds is 2. The summed E-state index contributed by atoms with van der Waals surface area (Å²) >= 11 is 0. The summed E-state index contributed by atoms with van der Waals surface area (Å²) < 4.78 is 0. The molecule has 1 heterocycles. The van der Waals surface area contributed by atoms with Crippen LogP contribution in [0.15, 0.2) is 18.3 Å². The third-order valence-corrected chi connectivity index (χ3v) is 2.45. The van der Waals surface area contributed by atoms with Crippen molar-refractivity contribution in [3.8, 4) is 0 Å². The Morgan fingerprint density at radius 2 is 2.06 bits per heavy atom. The molecule has 0 aliphatic heterocycles. The van der Waals surface area contributed by atoms with Crippen LogP contribution in [0.5, 0.6) is 0 Å². The number of hydrogen-bond acceptors (Lipinski definition) is 3. The zero-order chi connectivity index (χ0) is 12.3. The number of pyridine rings is 1. The second kappa shape index (κ2) is 4.61. The van der Waals surface area contributed by atoms with E-state index in [1.54, 1.807) is 13.2 Å². The molecule has 4 heteroatoms. The first-order valence-electron chi connectivity index (χ1n) is 5.29. The van der Waals surface area contributed by atoms with E-state index < -0.39 is 0 Å². The van der Waals surface area contributed by atoms with Crippen molar-refractivity contribution < 1.29 is 4.79 Å². The molecule has 0 saturated heterocycles. The fraction of sp³-hybridized carbons (Fsp3) is 0.500. The van der Waals surface area contributed by atoms with Crippen LogP contribution in [0.25, 0.3) is 0 Å². The van der Waals surface area contributed by atoms with Gasteiger partial charge in [0.1, 0.15) is 0 Å². The van der Waals surface area contributed by atoms with Crippen molar-refractivity contribution in [1.29, 1.82) is 0 Å². The standard InChI is InChI=1S/C12H19N3O/c1-12(2,3)10-6-5-9(8-14-10)15(4)11(16)7-13/h5-6,8H,7,13H2,1-4H3. The number of carbonyl (C=O) groups excluding carboxylic acids is 1. The second-order valence-corrected chi connectivity index (χ2v) is 4.81. The molecule has 2 N–H and O–H groups in total. The highest BCUT2D eigenvalue weighted by Gasteiger charge is 2.16. The summed E-state index contributed by atoms with van der Waals surface area (Å²) in [4.78, 5) is 17.2. The maximum Gasteiger partial charge on any atom is 0.240 e. The molecule has 16 heavy (non-hydrogen) atoms. The SMILES string of the molecule is CN(C(=O)CN)c1ccc(C(C)(C)C)nc1. The average Bonchev–Trinajstić information content (AvgIpc) is 2.26. The summed E-state index contributed by atoms with van der Waals surface area (Å²) in [5.41, 5.74) is 7.09. The molecule has 1 amide bonds. The van der Waals surface area contributed by atoms with Crippen molar-refractivity contribution in [2.24, 2.45) is 5.73 Å². The first-order chi connectivity index (χ1) is 7.36. The van der Waals surface area contributed by atoms with E-state index >= 15 is 0 Å². The maximum atomic E-state index is 11.4. The molecule has 0 radical (unpaired) electrons. The fourth-order valence-corrected chi connectivity index (χ4v) is 1.31. The Balaban J connectivity index is 2.91. The molecule has 0 aromatic carbocycles. The quantitative estimate of drug-likeness (QED) is 0.819. The Hall–Kier alpha value is -1.42. The maximum absolute atomic E-state index is 11.4. The van der Waals surface area contributed by atoms with Gasteiger partial charge in [-0.2, -0.15) is 0 Å². The first-order valence-corrected chi connectivity index (χ1v) is 5.29. The predicted octanol–water partition coefficient (Wildman–Crippen LogP) is 1.30. The monoisotopic (exact) mass is 221 g/mol. The number of hydrogen-bond donors (Lipinski definition) is 1. The predicted molar refractivity (Wildman–Crippen MR) is 65.4 cm³/mol. The molecule has 0 unspecified atom stereocenters. The average molecular weight is 221 g/mol. The summed E-state index contributed by atoms with van der Waals surface area (Å²) in [5, 5.41) is 0. The van der Waals surface area contributed by atoms with Gasteiger partial charge in [0, 0.05) is 18.2 Å².